The summed E-state index contributed by atoms with van der Waals surface area (Å²) in [7, 11) is 0. The average Bonchev–Trinajstić information content (AvgIpc) is 3.43. The molecule has 0 bridgehead atoms. The quantitative estimate of drug-likeness (QED) is 0.892. The van der Waals surface area contributed by atoms with Crippen molar-refractivity contribution in [3.63, 3.8) is 0 Å². The highest BCUT2D eigenvalue weighted by molar-refractivity contribution is 6.06. The second kappa shape index (κ2) is 6.72. The number of hydrogen-bond acceptors (Lipinski definition) is 6. The molecule has 2 aromatic heterocycles. The number of hydrogen-bond donors (Lipinski definition) is 1. The zero-order chi connectivity index (χ0) is 17.4. The van der Waals surface area contributed by atoms with Gasteiger partial charge in [-0.1, -0.05) is 5.16 Å². The van der Waals surface area contributed by atoms with Crippen LogP contribution >= 0.6 is 0 Å². The predicted octanol–water partition coefficient (Wildman–Crippen LogP) is 1.86. The van der Waals surface area contributed by atoms with E-state index in [1.807, 2.05) is 13.0 Å². The van der Waals surface area contributed by atoms with Gasteiger partial charge in [-0.05, 0) is 32.8 Å². The Morgan fingerprint density at radius 2 is 2.16 bits per heavy atom. The number of aryl methyl sites for hydroxylation is 1. The molecule has 0 radical (unpaired) electrons. The van der Waals surface area contributed by atoms with Crippen LogP contribution in [0.2, 0.25) is 0 Å². The van der Waals surface area contributed by atoms with Gasteiger partial charge in [0.2, 0.25) is 0 Å². The number of carbonyl (C=O) groups is 1. The third-order valence-corrected chi connectivity index (χ3v) is 5.10. The number of morpholine rings is 1. The smallest absolute Gasteiger partial charge is 0.259 e. The minimum absolute atomic E-state index is 0.0827. The highest BCUT2D eigenvalue weighted by Gasteiger charge is 2.29. The van der Waals surface area contributed by atoms with E-state index in [1.54, 1.807) is 0 Å². The largest absolute Gasteiger partial charge is 0.379 e. The maximum atomic E-state index is 12.8. The lowest BCUT2D eigenvalue weighted by Gasteiger charge is -2.32. The van der Waals surface area contributed by atoms with E-state index in [0.717, 1.165) is 50.2 Å². The van der Waals surface area contributed by atoms with Crippen molar-refractivity contribution in [1.82, 2.24) is 20.4 Å². The standard InChI is InChI=1S/C18H24N4O3/c1-11(22-5-7-24-8-6-22)10-19-17(23)14-9-15(13-3-4-13)20-18-16(14)12(2)21-25-18/h9,11,13H,3-8,10H2,1-2H3,(H,19,23)/t11-/m1/s1. The number of fused-ring (bicyclic) bond motifs is 1. The molecule has 2 fully saturated rings. The van der Waals surface area contributed by atoms with Crippen molar-refractivity contribution < 1.29 is 14.1 Å². The highest BCUT2D eigenvalue weighted by atomic mass is 16.5. The molecule has 1 amide bonds. The Bertz CT molecular complexity index is 778. The Morgan fingerprint density at radius 3 is 2.88 bits per heavy atom. The molecule has 1 N–H and O–H groups in total. The molecule has 1 saturated heterocycles. The van der Waals surface area contributed by atoms with Crippen LogP contribution in [0.4, 0.5) is 0 Å². The summed E-state index contributed by atoms with van der Waals surface area (Å²) >= 11 is 0. The fourth-order valence-electron chi connectivity index (χ4n) is 3.36. The monoisotopic (exact) mass is 344 g/mol. The normalized spacial score (nSPS) is 19.9. The van der Waals surface area contributed by atoms with Crippen LogP contribution in [0.3, 0.4) is 0 Å². The molecule has 2 aliphatic rings. The van der Waals surface area contributed by atoms with Crippen LogP contribution in [0.15, 0.2) is 10.6 Å². The Labute approximate surface area is 146 Å². The lowest BCUT2D eigenvalue weighted by Crippen LogP contribution is -2.47. The van der Waals surface area contributed by atoms with E-state index >= 15 is 0 Å². The molecule has 3 heterocycles. The van der Waals surface area contributed by atoms with Crippen molar-refractivity contribution in [3.8, 4) is 0 Å². The van der Waals surface area contributed by atoms with Crippen molar-refractivity contribution in [2.24, 2.45) is 0 Å². The van der Waals surface area contributed by atoms with Crippen molar-refractivity contribution in [2.45, 2.75) is 38.6 Å². The number of aromatic nitrogens is 2. The van der Waals surface area contributed by atoms with Gasteiger partial charge in [0.1, 0.15) is 0 Å². The number of ether oxygens (including phenoxy) is 1. The number of amides is 1. The number of pyridine rings is 1. The van der Waals surface area contributed by atoms with E-state index in [9.17, 15) is 4.79 Å². The Morgan fingerprint density at radius 1 is 1.40 bits per heavy atom. The van der Waals surface area contributed by atoms with Crippen LogP contribution in [0.25, 0.3) is 11.1 Å². The van der Waals surface area contributed by atoms with Gasteiger partial charge in [0.05, 0.1) is 29.9 Å². The zero-order valence-electron chi connectivity index (χ0n) is 14.7. The second-order valence-electron chi connectivity index (χ2n) is 7.02. The van der Waals surface area contributed by atoms with Crippen molar-refractivity contribution >= 4 is 17.0 Å². The van der Waals surface area contributed by atoms with E-state index < -0.39 is 0 Å². The molecule has 1 atom stereocenters. The van der Waals surface area contributed by atoms with Gasteiger partial charge >= 0.3 is 0 Å². The van der Waals surface area contributed by atoms with E-state index in [4.69, 9.17) is 9.26 Å². The van der Waals surface area contributed by atoms with Gasteiger partial charge in [0.15, 0.2) is 0 Å². The molecule has 1 aliphatic carbocycles. The van der Waals surface area contributed by atoms with E-state index in [2.05, 4.69) is 27.3 Å². The van der Waals surface area contributed by atoms with E-state index in [-0.39, 0.29) is 11.9 Å². The predicted molar refractivity (Wildman–Crippen MR) is 92.7 cm³/mol. The first-order valence-electron chi connectivity index (χ1n) is 9.00. The number of carbonyl (C=O) groups excluding carboxylic acids is 1. The minimum Gasteiger partial charge on any atom is -0.379 e. The fourth-order valence-corrected chi connectivity index (χ4v) is 3.36. The van der Waals surface area contributed by atoms with Crippen molar-refractivity contribution in [1.29, 1.82) is 0 Å². The van der Waals surface area contributed by atoms with Crippen LogP contribution in [0, 0.1) is 6.92 Å². The molecule has 7 nitrogen and oxygen atoms in total. The molecule has 1 aliphatic heterocycles. The Kier molecular flexibility index (Phi) is 4.43. The maximum absolute atomic E-state index is 12.8. The molecule has 25 heavy (non-hydrogen) atoms. The molecule has 7 heteroatoms. The zero-order valence-corrected chi connectivity index (χ0v) is 14.7. The summed E-state index contributed by atoms with van der Waals surface area (Å²) in [5, 5.41) is 7.78. The lowest BCUT2D eigenvalue weighted by atomic mass is 10.1. The van der Waals surface area contributed by atoms with Gasteiger partial charge < -0.3 is 14.6 Å². The Hall–Kier alpha value is -1.99. The summed E-state index contributed by atoms with van der Waals surface area (Å²) in [6.45, 7) is 7.92. The number of nitrogens with zero attached hydrogens (tertiary/aromatic N) is 3. The first-order chi connectivity index (χ1) is 12.1. The van der Waals surface area contributed by atoms with Gasteiger partial charge in [-0.15, -0.1) is 0 Å². The summed E-state index contributed by atoms with van der Waals surface area (Å²) < 4.78 is 10.7. The van der Waals surface area contributed by atoms with Crippen molar-refractivity contribution in [3.05, 3.63) is 23.0 Å². The molecule has 0 unspecified atom stereocenters. The fraction of sp³-hybridized carbons (Fsp3) is 0.611. The van der Waals surface area contributed by atoms with Gasteiger partial charge in [-0.25, -0.2) is 4.98 Å². The third-order valence-electron chi connectivity index (χ3n) is 5.10. The summed E-state index contributed by atoms with van der Waals surface area (Å²) in [4.78, 5) is 19.7. The molecule has 0 aromatic carbocycles. The van der Waals surface area contributed by atoms with Crippen LogP contribution in [-0.2, 0) is 4.74 Å². The van der Waals surface area contributed by atoms with E-state index in [1.165, 1.54) is 0 Å². The van der Waals surface area contributed by atoms with E-state index in [0.29, 0.717) is 29.4 Å². The van der Waals surface area contributed by atoms with Gasteiger partial charge in [-0.2, -0.15) is 0 Å². The third kappa shape index (κ3) is 3.39. The van der Waals surface area contributed by atoms with Crippen LogP contribution < -0.4 is 5.32 Å². The second-order valence-corrected chi connectivity index (χ2v) is 7.02. The molecule has 2 aromatic rings. The summed E-state index contributed by atoms with van der Waals surface area (Å²) in [6.07, 6.45) is 2.25. The van der Waals surface area contributed by atoms with Crippen molar-refractivity contribution in [2.75, 3.05) is 32.8 Å². The molecular formula is C18H24N4O3. The summed E-state index contributed by atoms with van der Waals surface area (Å²) in [6, 6.07) is 2.19. The first-order valence-corrected chi connectivity index (χ1v) is 9.00. The average molecular weight is 344 g/mol. The SMILES string of the molecule is Cc1noc2nc(C3CC3)cc(C(=O)NC[C@@H](C)N3CCOCC3)c12. The lowest BCUT2D eigenvalue weighted by molar-refractivity contribution is 0.0204. The molecule has 0 spiro atoms. The first kappa shape index (κ1) is 16.5. The van der Waals surface area contributed by atoms with Crippen LogP contribution in [-0.4, -0.2) is 59.8 Å². The Balaban J connectivity index is 1.51. The molecule has 4 rings (SSSR count). The molecule has 134 valence electrons. The van der Waals surface area contributed by atoms with Gasteiger partial charge in [0.25, 0.3) is 11.6 Å². The summed E-state index contributed by atoms with van der Waals surface area (Å²) in [5.74, 6) is 0.370. The molecular weight excluding hydrogens is 320 g/mol. The number of nitrogens with one attached hydrogen (secondary N) is 1. The minimum atomic E-state index is -0.0827. The number of rotatable bonds is 5. The maximum Gasteiger partial charge on any atom is 0.259 e. The van der Waals surface area contributed by atoms with Crippen LogP contribution in [0.1, 0.15) is 47.4 Å². The summed E-state index contributed by atoms with van der Waals surface area (Å²) in [5.41, 5.74) is 2.74. The topological polar surface area (TPSA) is 80.5 Å². The van der Waals surface area contributed by atoms with Gasteiger partial charge in [-0.3, -0.25) is 9.69 Å². The van der Waals surface area contributed by atoms with Gasteiger partial charge in [0, 0.05) is 37.3 Å². The van der Waals surface area contributed by atoms with Crippen LogP contribution in [0.5, 0.6) is 0 Å². The highest BCUT2D eigenvalue weighted by Crippen LogP contribution is 2.40. The molecule has 1 saturated carbocycles.